The highest BCUT2D eigenvalue weighted by molar-refractivity contribution is 5.74. The van der Waals surface area contributed by atoms with Crippen molar-refractivity contribution in [3.63, 3.8) is 0 Å². The second-order valence-corrected chi connectivity index (χ2v) is 6.01. The topological polar surface area (TPSA) is 55.8 Å². The van der Waals surface area contributed by atoms with Gasteiger partial charge in [0.2, 0.25) is 0 Å². The standard InChI is InChI=1S/C14H29N3O2/c1-11(5-8-16(3)4)15-14(19)17-9-6-13(7-10-17)12(2)18/h11-13,18H,5-10H2,1-4H3,(H,15,19). The van der Waals surface area contributed by atoms with Crippen molar-refractivity contribution in [2.45, 2.75) is 45.3 Å². The van der Waals surface area contributed by atoms with E-state index in [4.69, 9.17) is 0 Å². The van der Waals surface area contributed by atoms with E-state index in [-0.39, 0.29) is 18.2 Å². The summed E-state index contributed by atoms with van der Waals surface area (Å²) >= 11 is 0. The van der Waals surface area contributed by atoms with Crippen molar-refractivity contribution in [1.82, 2.24) is 15.1 Å². The molecule has 0 spiro atoms. The van der Waals surface area contributed by atoms with E-state index in [1.807, 2.05) is 32.8 Å². The zero-order valence-electron chi connectivity index (χ0n) is 12.7. The fourth-order valence-electron chi connectivity index (χ4n) is 2.41. The van der Waals surface area contributed by atoms with Gasteiger partial charge in [0.05, 0.1) is 6.10 Å². The van der Waals surface area contributed by atoms with E-state index in [0.717, 1.165) is 38.9 Å². The summed E-state index contributed by atoms with van der Waals surface area (Å²) in [7, 11) is 4.07. The number of urea groups is 1. The van der Waals surface area contributed by atoms with Crippen LogP contribution in [0.1, 0.15) is 33.1 Å². The molecule has 19 heavy (non-hydrogen) atoms. The molecule has 112 valence electrons. The Balaban J connectivity index is 2.27. The van der Waals surface area contributed by atoms with Gasteiger partial charge in [0.25, 0.3) is 0 Å². The average molecular weight is 271 g/mol. The van der Waals surface area contributed by atoms with Crippen molar-refractivity contribution >= 4 is 6.03 Å². The van der Waals surface area contributed by atoms with Crippen LogP contribution >= 0.6 is 0 Å². The summed E-state index contributed by atoms with van der Waals surface area (Å²) in [5, 5.41) is 12.6. The van der Waals surface area contributed by atoms with Gasteiger partial charge in [-0.2, -0.15) is 0 Å². The van der Waals surface area contributed by atoms with Gasteiger partial charge in [0, 0.05) is 19.1 Å². The molecule has 0 bridgehead atoms. The minimum atomic E-state index is -0.260. The number of amides is 2. The van der Waals surface area contributed by atoms with Crippen LogP contribution in [0.15, 0.2) is 0 Å². The molecule has 1 rings (SSSR count). The maximum absolute atomic E-state index is 12.1. The molecule has 1 saturated heterocycles. The van der Waals surface area contributed by atoms with E-state index in [0.29, 0.717) is 5.92 Å². The smallest absolute Gasteiger partial charge is 0.317 e. The summed E-state index contributed by atoms with van der Waals surface area (Å²) in [5.41, 5.74) is 0. The lowest BCUT2D eigenvalue weighted by molar-refractivity contribution is 0.0793. The molecular weight excluding hydrogens is 242 g/mol. The summed E-state index contributed by atoms with van der Waals surface area (Å²) in [6, 6.07) is 0.236. The summed E-state index contributed by atoms with van der Waals surface area (Å²) in [4.78, 5) is 16.1. The Morgan fingerprint density at radius 2 is 1.95 bits per heavy atom. The Morgan fingerprint density at radius 1 is 1.37 bits per heavy atom. The van der Waals surface area contributed by atoms with E-state index < -0.39 is 0 Å². The largest absolute Gasteiger partial charge is 0.393 e. The Kier molecular flexibility index (Phi) is 6.58. The molecule has 5 nitrogen and oxygen atoms in total. The Hall–Kier alpha value is -0.810. The average Bonchev–Trinajstić information content (AvgIpc) is 2.36. The third-order valence-corrected chi connectivity index (χ3v) is 3.89. The Labute approximate surface area is 117 Å². The van der Waals surface area contributed by atoms with Gasteiger partial charge in [-0.05, 0) is 59.7 Å². The highest BCUT2D eigenvalue weighted by atomic mass is 16.3. The molecule has 0 radical (unpaired) electrons. The van der Waals surface area contributed by atoms with Crippen molar-refractivity contribution in [2.24, 2.45) is 5.92 Å². The first kappa shape index (κ1) is 16.2. The first-order valence-electron chi connectivity index (χ1n) is 7.28. The van der Waals surface area contributed by atoms with E-state index in [9.17, 15) is 9.90 Å². The quantitative estimate of drug-likeness (QED) is 0.788. The number of carbonyl (C=O) groups excluding carboxylic acids is 1. The van der Waals surface area contributed by atoms with Crippen LogP contribution in [-0.2, 0) is 0 Å². The molecule has 1 aliphatic rings. The zero-order chi connectivity index (χ0) is 14.4. The Bertz CT molecular complexity index is 274. The molecule has 1 aliphatic heterocycles. The van der Waals surface area contributed by atoms with Gasteiger partial charge in [-0.15, -0.1) is 0 Å². The van der Waals surface area contributed by atoms with Crippen LogP contribution in [-0.4, -0.2) is 66.8 Å². The summed E-state index contributed by atoms with van der Waals surface area (Å²) < 4.78 is 0. The second-order valence-electron chi connectivity index (χ2n) is 6.01. The van der Waals surface area contributed by atoms with Crippen LogP contribution in [0.4, 0.5) is 4.79 Å². The number of aliphatic hydroxyl groups excluding tert-OH is 1. The van der Waals surface area contributed by atoms with Crippen molar-refractivity contribution in [3.05, 3.63) is 0 Å². The lowest BCUT2D eigenvalue weighted by Gasteiger charge is -2.34. The number of piperidine rings is 1. The van der Waals surface area contributed by atoms with Crippen LogP contribution in [0, 0.1) is 5.92 Å². The molecule has 1 fully saturated rings. The van der Waals surface area contributed by atoms with E-state index in [1.165, 1.54) is 0 Å². The number of carbonyl (C=O) groups is 1. The minimum absolute atomic E-state index is 0.0373. The molecule has 2 amide bonds. The van der Waals surface area contributed by atoms with Crippen LogP contribution in [0.2, 0.25) is 0 Å². The lowest BCUT2D eigenvalue weighted by Crippen LogP contribution is -2.48. The van der Waals surface area contributed by atoms with Crippen molar-refractivity contribution in [2.75, 3.05) is 33.7 Å². The number of rotatable bonds is 5. The second kappa shape index (κ2) is 7.70. The van der Waals surface area contributed by atoms with Gasteiger partial charge in [0.15, 0.2) is 0 Å². The first-order valence-corrected chi connectivity index (χ1v) is 7.28. The van der Waals surface area contributed by atoms with Gasteiger partial charge in [0.1, 0.15) is 0 Å². The van der Waals surface area contributed by atoms with Crippen LogP contribution in [0.25, 0.3) is 0 Å². The highest BCUT2D eigenvalue weighted by Gasteiger charge is 2.25. The van der Waals surface area contributed by atoms with Crippen LogP contribution < -0.4 is 5.32 Å². The van der Waals surface area contributed by atoms with Crippen molar-refractivity contribution < 1.29 is 9.90 Å². The van der Waals surface area contributed by atoms with E-state index in [2.05, 4.69) is 10.2 Å². The van der Waals surface area contributed by atoms with Gasteiger partial charge in [-0.1, -0.05) is 0 Å². The lowest BCUT2D eigenvalue weighted by atomic mass is 9.92. The maximum atomic E-state index is 12.1. The van der Waals surface area contributed by atoms with Crippen LogP contribution in [0.3, 0.4) is 0 Å². The normalized spacial score (nSPS) is 20.4. The monoisotopic (exact) mass is 271 g/mol. The number of hydrogen-bond acceptors (Lipinski definition) is 3. The molecular formula is C14H29N3O2. The summed E-state index contributed by atoms with van der Waals surface area (Å²) in [5.74, 6) is 0.343. The molecule has 2 N–H and O–H groups in total. The molecule has 1 heterocycles. The molecule has 0 aromatic carbocycles. The molecule has 0 aromatic rings. The van der Waals surface area contributed by atoms with Gasteiger partial charge >= 0.3 is 6.03 Å². The molecule has 2 unspecified atom stereocenters. The summed E-state index contributed by atoms with van der Waals surface area (Å²) in [6.07, 6.45) is 2.50. The molecule has 0 aliphatic carbocycles. The molecule has 2 atom stereocenters. The van der Waals surface area contributed by atoms with Crippen molar-refractivity contribution in [3.8, 4) is 0 Å². The zero-order valence-corrected chi connectivity index (χ0v) is 12.7. The van der Waals surface area contributed by atoms with Gasteiger partial charge < -0.3 is 20.2 Å². The predicted octanol–water partition coefficient (Wildman–Crippen LogP) is 1.13. The van der Waals surface area contributed by atoms with Crippen LogP contribution in [0.5, 0.6) is 0 Å². The molecule has 0 aromatic heterocycles. The van der Waals surface area contributed by atoms with Crippen molar-refractivity contribution in [1.29, 1.82) is 0 Å². The number of aliphatic hydroxyl groups is 1. The highest BCUT2D eigenvalue weighted by Crippen LogP contribution is 2.20. The SMILES string of the molecule is CC(CCN(C)C)NC(=O)N1CCC(C(C)O)CC1. The number of nitrogens with zero attached hydrogens (tertiary/aromatic N) is 2. The molecule has 5 heteroatoms. The maximum Gasteiger partial charge on any atom is 0.317 e. The number of nitrogens with one attached hydrogen (secondary N) is 1. The third-order valence-electron chi connectivity index (χ3n) is 3.89. The number of hydrogen-bond donors (Lipinski definition) is 2. The third kappa shape index (κ3) is 5.78. The summed E-state index contributed by atoms with van der Waals surface area (Å²) in [6.45, 7) is 6.36. The van der Waals surface area contributed by atoms with Gasteiger partial charge in [-0.3, -0.25) is 0 Å². The van der Waals surface area contributed by atoms with E-state index >= 15 is 0 Å². The van der Waals surface area contributed by atoms with E-state index in [1.54, 1.807) is 0 Å². The minimum Gasteiger partial charge on any atom is -0.393 e. The molecule has 0 saturated carbocycles. The van der Waals surface area contributed by atoms with Gasteiger partial charge in [-0.25, -0.2) is 4.79 Å². The Morgan fingerprint density at radius 3 is 2.42 bits per heavy atom. The predicted molar refractivity (Wildman–Crippen MR) is 77.1 cm³/mol. The fourth-order valence-corrected chi connectivity index (χ4v) is 2.41. The number of likely N-dealkylation sites (tertiary alicyclic amines) is 1. The first-order chi connectivity index (χ1) is 8.90. The fraction of sp³-hybridized carbons (Fsp3) is 0.929.